The number of alkyl carbamates (subject to hydrolysis) is 1. The van der Waals surface area contributed by atoms with Crippen LogP contribution in [0.3, 0.4) is 0 Å². The van der Waals surface area contributed by atoms with Gasteiger partial charge < -0.3 is 10.1 Å². The van der Waals surface area contributed by atoms with E-state index in [-0.39, 0.29) is 6.09 Å². The highest BCUT2D eigenvalue weighted by Crippen LogP contribution is 1.99. The van der Waals surface area contributed by atoms with Crippen LogP contribution in [0.25, 0.3) is 0 Å². The Balaban J connectivity index is 0.000000112. The predicted molar refractivity (Wildman–Crippen MR) is 45.2 cm³/mol. The van der Waals surface area contributed by atoms with Crippen molar-refractivity contribution in [3.63, 3.8) is 0 Å². The predicted octanol–water partition coefficient (Wildman–Crippen LogP) is 0.488. The van der Waals surface area contributed by atoms with Gasteiger partial charge in [-0.15, -0.1) is 11.8 Å². The van der Waals surface area contributed by atoms with Gasteiger partial charge in [0, 0.05) is 12.3 Å². The van der Waals surface area contributed by atoms with Crippen molar-refractivity contribution < 1.29 is 9.53 Å². The van der Waals surface area contributed by atoms with Crippen LogP contribution in [0.2, 0.25) is 0 Å². The molecule has 1 saturated heterocycles. The smallest absolute Gasteiger partial charge is 0.407 e. The van der Waals surface area contributed by atoms with Gasteiger partial charge in [0.2, 0.25) is 0 Å². The molecule has 0 aromatic rings. The number of cyclic esters (lactones) is 1. The quantitative estimate of drug-likeness (QED) is 0.581. The van der Waals surface area contributed by atoms with Crippen molar-refractivity contribution in [3.8, 4) is 0 Å². The number of nitrogens with zero attached hydrogens (tertiary/aromatic N) is 1. The summed E-state index contributed by atoms with van der Waals surface area (Å²) in [5.41, 5.74) is 1.90. The monoisotopic (exact) mass is 174 g/mol. The maximum atomic E-state index is 9.91. The lowest BCUT2D eigenvalue weighted by atomic mass is 10.7. The SMILES string of the molecule is C1=NCCS1.O=C1NCCO1. The second-order valence-corrected chi connectivity index (χ2v) is 2.90. The Hall–Kier alpha value is -0.710. The zero-order valence-electron chi connectivity index (χ0n) is 6.08. The fourth-order valence-corrected chi connectivity index (χ4v) is 1.14. The molecule has 0 aromatic carbocycles. The zero-order chi connectivity index (χ0) is 7.94. The fourth-order valence-electron chi connectivity index (χ4n) is 0.611. The zero-order valence-corrected chi connectivity index (χ0v) is 6.89. The summed E-state index contributed by atoms with van der Waals surface area (Å²) in [5.74, 6) is 1.19. The van der Waals surface area contributed by atoms with Gasteiger partial charge in [0.05, 0.1) is 12.1 Å². The molecule has 1 amide bonds. The van der Waals surface area contributed by atoms with Crippen LogP contribution in [0, 0.1) is 0 Å². The summed E-state index contributed by atoms with van der Waals surface area (Å²) in [6.07, 6.45) is -0.296. The van der Waals surface area contributed by atoms with E-state index in [1.54, 1.807) is 11.8 Å². The maximum Gasteiger partial charge on any atom is 0.407 e. The highest BCUT2D eigenvalue weighted by molar-refractivity contribution is 8.12. The average Bonchev–Trinajstić information content (AvgIpc) is 2.57. The van der Waals surface area contributed by atoms with E-state index in [4.69, 9.17) is 0 Å². The van der Waals surface area contributed by atoms with Crippen LogP contribution in [0.1, 0.15) is 0 Å². The van der Waals surface area contributed by atoms with Crippen LogP contribution < -0.4 is 5.32 Å². The van der Waals surface area contributed by atoms with E-state index < -0.39 is 0 Å². The van der Waals surface area contributed by atoms with Gasteiger partial charge in [-0.05, 0) is 0 Å². The number of nitrogens with one attached hydrogen (secondary N) is 1. The van der Waals surface area contributed by atoms with Crippen molar-refractivity contribution in [2.24, 2.45) is 4.99 Å². The molecule has 2 rings (SSSR count). The van der Waals surface area contributed by atoms with Crippen molar-refractivity contribution in [3.05, 3.63) is 0 Å². The largest absolute Gasteiger partial charge is 0.448 e. The van der Waals surface area contributed by atoms with Gasteiger partial charge in [0.15, 0.2) is 0 Å². The van der Waals surface area contributed by atoms with Gasteiger partial charge in [-0.1, -0.05) is 0 Å². The number of aliphatic imine (C=N–C) groups is 1. The second kappa shape index (κ2) is 5.01. The Kier molecular flexibility index (Phi) is 3.82. The Morgan fingerprint density at radius 3 is 2.82 bits per heavy atom. The van der Waals surface area contributed by atoms with Gasteiger partial charge >= 0.3 is 6.09 Å². The summed E-state index contributed by atoms with van der Waals surface area (Å²) in [6.45, 7) is 2.22. The molecule has 0 unspecified atom stereocenters. The summed E-state index contributed by atoms with van der Waals surface area (Å²) >= 11 is 1.78. The van der Waals surface area contributed by atoms with Crippen LogP contribution in [0.4, 0.5) is 4.79 Å². The first-order chi connectivity index (χ1) is 5.39. The van der Waals surface area contributed by atoms with Crippen LogP contribution in [-0.2, 0) is 4.74 Å². The molecule has 2 heterocycles. The molecular weight excluding hydrogens is 164 g/mol. The van der Waals surface area contributed by atoms with E-state index in [9.17, 15) is 4.79 Å². The molecule has 0 radical (unpaired) electrons. The van der Waals surface area contributed by atoms with E-state index in [0.717, 1.165) is 6.54 Å². The first-order valence-electron chi connectivity index (χ1n) is 3.40. The molecule has 5 heteroatoms. The van der Waals surface area contributed by atoms with Gasteiger partial charge in [-0.3, -0.25) is 4.99 Å². The van der Waals surface area contributed by atoms with Crippen LogP contribution in [0.5, 0.6) is 0 Å². The standard InChI is InChI=1S/C3H5NO2.C3H5NS/c5-3-4-1-2-6-3;1-2-5-3-4-1/h1-2H2,(H,4,5);3H,1-2H2. The first-order valence-corrected chi connectivity index (χ1v) is 4.45. The summed E-state index contributed by atoms with van der Waals surface area (Å²) in [6, 6.07) is 0. The number of hydrogen-bond donors (Lipinski definition) is 1. The molecule has 0 bridgehead atoms. The third-order valence-electron chi connectivity index (χ3n) is 1.09. The van der Waals surface area contributed by atoms with Crippen molar-refractivity contribution >= 4 is 23.4 Å². The van der Waals surface area contributed by atoms with Crippen LogP contribution in [0.15, 0.2) is 4.99 Å². The fraction of sp³-hybridized carbons (Fsp3) is 0.667. The van der Waals surface area contributed by atoms with Gasteiger partial charge in [0.1, 0.15) is 6.61 Å². The molecular formula is C6H10N2O2S. The van der Waals surface area contributed by atoms with Crippen LogP contribution in [-0.4, -0.2) is 37.1 Å². The number of carbonyl (C=O) groups excluding carboxylic acids is 1. The Labute approximate surface area is 69.4 Å². The lowest BCUT2D eigenvalue weighted by molar-refractivity contribution is 0.178. The molecule has 11 heavy (non-hydrogen) atoms. The van der Waals surface area contributed by atoms with Gasteiger partial charge in [0.25, 0.3) is 0 Å². The average molecular weight is 174 g/mol. The molecule has 0 aromatic heterocycles. The minimum Gasteiger partial charge on any atom is -0.448 e. The van der Waals surface area contributed by atoms with E-state index in [1.165, 1.54) is 5.75 Å². The highest BCUT2D eigenvalue weighted by atomic mass is 32.2. The number of amides is 1. The number of rotatable bonds is 0. The minimum absolute atomic E-state index is 0.296. The number of thioether (sulfide) groups is 1. The number of carbonyl (C=O) groups is 1. The molecule has 2 aliphatic heterocycles. The minimum atomic E-state index is -0.296. The molecule has 62 valence electrons. The summed E-state index contributed by atoms with van der Waals surface area (Å²) in [5, 5.41) is 2.46. The Morgan fingerprint density at radius 2 is 2.64 bits per heavy atom. The maximum absolute atomic E-state index is 9.91. The summed E-state index contributed by atoms with van der Waals surface area (Å²) < 4.78 is 4.40. The molecule has 1 N–H and O–H groups in total. The lowest BCUT2D eigenvalue weighted by Gasteiger charge is -1.80. The molecule has 2 aliphatic rings. The van der Waals surface area contributed by atoms with Gasteiger partial charge in [-0.25, -0.2) is 4.79 Å². The van der Waals surface area contributed by atoms with Crippen molar-refractivity contribution in [2.45, 2.75) is 0 Å². The molecule has 0 aliphatic carbocycles. The van der Waals surface area contributed by atoms with Gasteiger partial charge in [-0.2, -0.15) is 0 Å². The third kappa shape index (κ3) is 3.87. The van der Waals surface area contributed by atoms with Crippen molar-refractivity contribution in [1.29, 1.82) is 0 Å². The van der Waals surface area contributed by atoms with E-state index in [0.29, 0.717) is 13.2 Å². The van der Waals surface area contributed by atoms with Crippen molar-refractivity contribution in [1.82, 2.24) is 5.32 Å². The van der Waals surface area contributed by atoms with Crippen molar-refractivity contribution in [2.75, 3.05) is 25.4 Å². The van der Waals surface area contributed by atoms with E-state index >= 15 is 0 Å². The lowest BCUT2D eigenvalue weighted by Crippen LogP contribution is -2.11. The van der Waals surface area contributed by atoms with Crippen LogP contribution >= 0.6 is 11.8 Å². The topological polar surface area (TPSA) is 50.7 Å². The Bertz CT molecular complexity index is 147. The molecule has 0 spiro atoms. The second-order valence-electron chi connectivity index (χ2n) is 1.95. The highest BCUT2D eigenvalue weighted by Gasteiger charge is 2.06. The van der Waals surface area contributed by atoms with E-state index in [2.05, 4.69) is 15.0 Å². The number of hydrogen-bond acceptors (Lipinski definition) is 4. The summed E-state index contributed by atoms with van der Waals surface area (Å²) in [4.78, 5) is 13.8. The molecule has 1 fully saturated rings. The normalized spacial score (nSPS) is 20.2. The summed E-state index contributed by atoms with van der Waals surface area (Å²) in [7, 11) is 0. The Morgan fingerprint density at radius 1 is 1.73 bits per heavy atom. The van der Waals surface area contributed by atoms with E-state index in [1.807, 2.05) is 5.55 Å². The first kappa shape index (κ1) is 8.39. The number of ether oxygens (including phenoxy) is 1. The third-order valence-corrected chi connectivity index (χ3v) is 1.81. The molecule has 0 saturated carbocycles. The molecule has 0 atom stereocenters. The molecule has 4 nitrogen and oxygen atoms in total.